The minimum absolute atomic E-state index is 0.0346. The number of thiophene rings is 1. The number of sulfonamides is 1. The second-order valence-corrected chi connectivity index (χ2v) is 8.01. The van der Waals surface area contributed by atoms with Crippen LogP contribution in [0.3, 0.4) is 0 Å². The molecule has 2 N–H and O–H groups in total. The standard InChI is InChI=1S/C12H17NO4S2/c1-7-3-4-9(5-7)13-19(16,17)11-6-10(12(14)15)18-8(11)2/h6-7,9,13H,3-5H2,1-2H3,(H,14,15). The van der Waals surface area contributed by atoms with Crippen LogP contribution in [0.2, 0.25) is 0 Å². The van der Waals surface area contributed by atoms with E-state index in [0.717, 1.165) is 30.6 Å². The molecule has 19 heavy (non-hydrogen) atoms. The highest BCUT2D eigenvalue weighted by molar-refractivity contribution is 7.89. The molecule has 2 unspecified atom stereocenters. The van der Waals surface area contributed by atoms with Crippen molar-refractivity contribution in [2.75, 3.05) is 0 Å². The molecule has 0 spiro atoms. The molecule has 1 aliphatic rings. The SMILES string of the molecule is Cc1sc(C(=O)O)cc1S(=O)(=O)NC1CCC(C)C1. The number of aryl methyl sites for hydroxylation is 1. The summed E-state index contributed by atoms with van der Waals surface area (Å²) < 4.78 is 27.2. The van der Waals surface area contributed by atoms with E-state index in [9.17, 15) is 13.2 Å². The number of carboxylic acid groups (broad SMARTS) is 1. The Kier molecular flexibility index (Phi) is 3.98. The van der Waals surface area contributed by atoms with E-state index in [1.807, 2.05) is 0 Å². The summed E-state index contributed by atoms with van der Waals surface area (Å²) in [6.07, 6.45) is 2.71. The van der Waals surface area contributed by atoms with Gasteiger partial charge in [0, 0.05) is 10.9 Å². The van der Waals surface area contributed by atoms with Gasteiger partial charge >= 0.3 is 5.97 Å². The van der Waals surface area contributed by atoms with Crippen LogP contribution in [0.15, 0.2) is 11.0 Å². The zero-order valence-corrected chi connectivity index (χ0v) is 12.5. The van der Waals surface area contributed by atoms with Crippen LogP contribution in [0, 0.1) is 12.8 Å². The summed E-state index contributed by atoms with van der Waals surface area (Å²) in [5, 5.41) is 8.90. The van der Waals surface area contributed by atoms with Crippen LogP contribution in [0.1, 0.15) is 40.7 Å². The Morgan fingerprint density at radius 1 is 1.47 bits per heavy atom. The lowest BCUT2D eigenvalue weighted by Crippen LogP contribution is -2.33. The summed E-state index contributed by atoms with van der Waals surface area (Å²) in [7, 11) is -3.61. The third-order valence-corrected chi connectivity index (χ3v) is 6.20. The van der Waals surface area contributed by atoms with Crippen molar-refractivity contribution in [3.8, 4) is 0 Å². The quantitative estimate of drug-likeness (QED) is 0.893. The number of aromatic carboxylic acids is 1. The highest BCUT2D eigenvalue weighted by atomic mass is 32.2. The maximum absolute atomic E-state index is 12.3. The molecule has 106 valence electrons. The average Bonchev–Trinajstić information content (AvgIpc) is 2.85. The summed E-state index contributed by atoms with van der Waals surface area (Å²) in [4.78, 5) is 11.5. The van der Waals surface area contributed by atoms with Crippen molar-refractivity contribution < 1.29 is 18.3 Å². The Hall–Kier alpha value is -0.920. The fraction of sp³-hybridized carbons (Fsp3) is 0.583. The van der Waals surface area contributed by atoms with Gasteiger partial charge < -0.3 is 5.11 Å². The monoisotopic (exact) mass is 303 g/mol. The molecule has 0 amide bonds. The molecule has 1 aromatic rings. The molecule has 1 saturated carbocycles. The summed E-state index contributed by atoms with van der Waals surface area (Å²) in [6.45, 7) is 3.73. The van der Waals surface area contributed by atoms with Crippen molar-refractivity contribution in [2.24, 2.45) is 5.92 Å². The van der Waals surface area contributed by atoms with Crippen molar-refractivity contribution in [3.63, 3.8) is 0 Å². The largest absolute Gasteiger partial charge is 0.477 e. The Balaban J connectivity index is 2.22. The van der Waals surface area contributed by atoms with Gasteiger partial charge in [-0.3, -0.25) is 0 Å². The zero-order chi connectivity index (χ0) is 14.2. The Labute approximate surface area is 116 Å². The van der Waals surface area contributed by atoms with E-state index in [2.05, 4.69) is 11.6 Å². The summed E-state index contributed by atoms with van der Waals surface area (Å²) >= 11 is 0.989. The molecule has 2 rings (SSSR count). The minimum Gasteiger partial charge on any atom is -0.477 e. The van der Waals surface area contributed by atoms with E-state index < -0.39 is 16.0 Å². The summed E-state index contributed by atoms with van der Waals surface area (Å²) in [5.74, 6) is -0.560. The highest BCUT2D eigenvalue weighted by Crippen LogP contribution is 2.29. The van der Waals surface area contributed by atoms with Gasteiger partial charge in [0.2, 0.25) is 10.0 Å². The molecule has 7 heteroatoms. The first kappa shape index (κ1) is 14.5. The molecule has 0 aliphatic heterocycles. The lowest BCUT2D eigenvalue weighted by Gasteiger charge is -2.12. The van der Waals surface area contributed by atoms with E-state index in [1.54, 1.807) is 6.92 Å². The fourth-order valence-electron chi connectivity index (χ4n) is 2.43. The molecule has 1 fully saturated rings. The summed E-state index contributed by atoms with van der Waals surface area (Å²) in [6, 6.07) is 1.20. The molecule has 0 bridgehead atoms. The number of hydrogen-bond acceptors (Lipinski definition) is 4. The van der Waals surface area contributed by atoms with Gasteiger partial charge in [-0.15, -0.1) is 11.3 Å². The van der Waals surface area contributed by atoms with Crippen molar-refractivity contribution >= 4 is 27.3 Å². The fourth-order valence-corrected chi connectivity index (χ4v) is 5.15. The van der Waals surface area contributed by atoms with Crippen LogP contribution in [0.25, 0.3) is 0 Å². The Bertz CT molecular complexity index is 591. The van der Waals surface area contributed by atoms with Crippen LogP contribution in [0.5, 0.6) is 0 Å². The van der Waals surface area contributed by atoms with Crippen LogP contribution in [0.4, 0.5) is 0 Å². The third kappa shape index (κ3) is 3.16. The number of nitrogens with one attached hydrogen (secondary N) is 1. The van der Waals surface area contributed by atoms with Gasteiger partial charge in [-0.05, 0) is 38.2 Å². The molecule has 0 aromatic carbocycles. The molecular weight excluding hydrogens is 286 g/mol. The van der Waals surface area contributed by atoms with Gasteiger partial charge in [0.05, 0.1) is 4.90 Å². The average molecular weight is 303 g/mol. The number of carboxylic acids is 1. The lowest BCUT2D eigenvalue weighted by molar-refractivity contribution is 0.0702. The Morgan fingerprint density at radius 3 is 2.63 bits per heavy atom. The van der Waals surface area contributed by atoms with Gasteiger partial charge in [0.15, 0.2) is 0 Å². The van der Waals surface area contributed by atoms with Crippen LogP contribution < -0.4 is 4.72 Å². The molecule has 1 aliphatic carbocycles. The van der Waals surface area contributed by atoms with E-state index >= 15 is 0 Å². The highest BCUT2D eigenvalue weighted by Gasteiger charge is 2.28. The predicted molar refractivity (Wildman–Crippen MR) is 73.1 cm³/mol. The molecule has 0 saturated heterocycles. The molecule has 1 heterocycles. The molecular formula is C12H17NO4S2. The van der Waals surface area contributed by atoms with E-state index in [-0.39, 0.29) is 15.8 Å². The van der Waals surface area contributed by atoms with Gasteiger partial charge in [-0.25, -0.2) is 17.9 Å². The lowest BCUT2D eigenvalue weighted by atomic mass is 10.1. The topological polar surface area (TPSA) is 83.5 Å². The minimum atomic E-state index is -3.61. The first-order chi connectivity index (χ1) is 8.79. The maximum atomic E-state index is 12.3. The van der Waals surface area contributed by atoms with E-state index in [0.29, 0.717) is 10.8 Å². The Morgan fingerprint density at radius 2 is 2.16 bits per heavy atom. The van der Waals surface area contributed by atoms with Crippen molar-refractivity contribution in [1.82, 2.24) is 4.72 Å². The molecule has 1 aromatic heterocycles. The van der Waals surface area contributed by atoms with Crippen LogP contribution in [-0.2, 0) is 10.0 Å². The zero-order valence-electron chi connectivity index (χ0n) is 10.8. The molecule has 0 radical (unpaired) electrons. The predicted octanol–water partition coefficient (Wildman–Crippen LogP) is 2.22. The smallest absolute Gasteiger partial charge is 0.345 e. The number of hydrogen-bond donors (Lipinski definition) is 2. The first-order valence-electron chi connectivity index (χ1n) is 6.15. The van der Waals surface area contributed by atoms with Gasteiger partial charge in [-0.1, -0.05) is 6.92 Å². The molecule has 5 nitrogen and oxygen atoms in total. The van der Waals surface area contributed by atoms with Gasteiger partial charge in [0.1, 0.15) is 4.88 Å². The van der Waals surface area contributed by atoms with E-state index in [4.69, 9.17) is 5.11 Å². The number of carbonyl (C=O) groups is 1. The van der Waals surface area contributed by atoms with Crippen LogP contribution in [-0.4, -0.2) is 25.5 Å². The first-order valence-corrected chi connectivity index (χ1v) is 8.45. The molecule has 2 atom stereocenters. The van der Waals surface area contributed by atoms with Crippen molar-refractivity contribution in [3.05, 3.63) is 15.8 Å². The van der Waals surface area contributed by atoms with Gasteiger partial charge in [-0.2, -0.15) is 0 Å². The second-order valence-electron chi connectivity index (χ2n) is 5.07. The third-order valence-electron chi connectivity index (χ3n) is 3.39. The maximum Gasteiger partial charge on any atom is 0.345 e. The van der Waals surface area contributed by atoms with Gasteiger partial charge in [0.25, 0.3) is 0 Å². The van der Waals surface area contributed by atoms with Crippen molar-refractivity contribution in [1.29, 1.82) is 0 Å². The summed E-state index contributed by atoms with van der Waals surface area (Å²) in [5.41, 5.74) is 0. The van der Waals surface area contributed by atoms with Crippen LogP contribution >= 0.6 is 11.3 Å². The number of rotatable bonds is 4. The van der Waals surface area contributed by atoms with Crippen molar-refractivity contribution in [2.45, 2.75) is 44.0 Å². The normalized spacial score (nSPS) is 23.7. The second kappa shape index (κ2) is 5.22. The van der Waals surface area contributed by atoms with E-state index in [1.165, 1.54) is 6.07 Å².